The number of hydrogen-bond donors (Lipinski definition) is 9. The number of aliphatic carboxylic acids is 1. The minimum atomic E-state index is -1.28. The number of hydrogen-bond acceptors (Lipinski definition) is 10. The van der Waals surface area contributed by atoms with E-state index in [1.54, 1.807) is 48.7 Å². The number of benzene rings is 2. The van der Waals surface area contributed by atoms with Gasteiger partial charge in [0.15, 0.2) is 0 Å². The number of phenolic OH excluding ortho intramolecular Hbond substituents is 1. The molecule has 4 atom stereocenters. The van der Waals surface area contributed by atoms with E-state index >= 15 is 0 Å². The Kier molecular flexibility index (Phi) is 17.1. The Balaban J connectivity index is 2.01. The van der Waals surface area contributed by atoms with Crippen molar-refractivity contribution in [2.24, 2.45) is 11.5 Å². The van der Waals surface area contributed by atoms with Crippen molar-refractivity contribution in [2.75, 3.05) is 25.1 Å². The molecule has 266 valence electrons. The van der Waals surface area contributed by atoms with Crippen LogP contribution >= 0.6 is 11.8 Å². The average Bonchev–Trinajstić information content (AvgIpc) is 3.07. The van der Waals surface area contributed by atoms with Crippen LogP contribution in [0.3, 0.4) is 0 Å². The lowest BCUT2D eigenvalue weighted by molar-refractivity contribution is -0.138. The number of carboxylic acid groups (broad SMARTS) is 1. The maximum Gasteiger partial charge on any atom is 0.303 e. The van der Waals surface area contributed by atoms with Crippen LogP contribution < -0.4 is 38.1 Å². The van der Waals surface area contributed by atoms with Gasteiger partial charge in [0.05, 0.1) is 19.1 Å². The lowest BCUT2D eigenvalue weighted by Gasteiger charge is -2.25. The minimum Gasteiger partial charge on any atom is -0.508 e. The zero-order valence-corrected chi connectivity index (χ0v) is 27.8. The van der Waals surface area contributed by atoms with Crippen LogP contribution in [0.2, 0.25) is 0 Å². The minimum absolute atomic E-state index is 0.0285. The van der Waals surface area contributed by atoms with Gasteiger partial charge in [0.2, 0.25) is 35.4 Å². The number of aromatic hydroxyl groups is 1. The average molecular weight is 702 g/mol. The van der Waals surface area contributed by atoms with Gasteiger partial charge in [-0.05, 0) is 54.5 Å². The van der Waals surface area contributed by atoms with E-state index in [4.69, 9.17) is 16.6 Å². The molecule has 2 aromatic rings. The van der Waals surface area contributed by atoms with Crippen molar-refractivity contribution in [3.63, 3.8) is 0 Å². The molecule has 0 bridgehead atoms. The summed E-state index contributed by atoms with van der Waals surface area (Å²) in [7, 11) is 0. The molecule has 0 aliphatic heterocycles. The quantitative estimate of drug-likeness (QED) is 0.0707. The molecule has 0 saturated carbocycles. The van der Waals surface area contributed by atoms with E-state index in [1.165, 1.54) is 23.9 Å². The zero-order chi connectivity index (χ0) is 36.3. The molecular formula is C32H43N7O9S. The van der Waals surface area contributed by atoms with Gasteiger partial charge in [-0.1, -0.05) is 42.5 Å². The van der Waals surface area contributed by atoms with Gasteiger partial charge < -0.3 is 48.3 Å². The molecule has 17 heteroatoms. The highest BCUT2D eigenvalue weighted by Crippen LogP contribution is 2.11. The van der Waals surface area contributed by atoms with Crippen molar-refractivity contribution in [3.8, 4) is 5.75 Å². The molecule has 11 N–H and O–H groups in total. The second kappa shape index (κ2) is 20.9. The summed E-state index contributed by atoms with van der Waals surface area (Å²) >= 11 is 1.40. The number of carboxylic acids is 1. The van der Waals surface area contributed by atoms with E-state index in [0.717, 1.165) is 0 Å². The fourth-order valence-electron chi connectivity index (χ4n) is 4.43. The van der Waals surface area contributed by atoms with Gasteiger partial charge in [-0.3, -0.25) is 33.6 Å². The van der Waals surface area contributed by atoms with Gasteiger partial charge in [-0.2, -0.15) is 11.8 Å². The molecular weight excluding hydrogens is 658 g/mol. The number of nitrogens with two attached hydrogens (primary N) is 2. The van der Waals surface area contributed by atoms with Gasteiger partial charge in [-0.15, -0.1) is 0 Å². The van der Waals surface area contributed by atoms with Crippen molar-refractivity contribution in [1.29, 1.82) is 0 Å². The molecule has 0 spiro atoms. The molecule has 0 unspecified atom stereocenters. The standard InChI is InChI=1S/C32H43N7O9S/c1-49-14-13-24(31(47)38-23(29(34)45)11-12-28(43)44)39-32(48)25(16-19-5-3-2-4-6-19)37-27(42)18-35-26(41)17-36-30(46)22(33)15-20-7-9-21(40)10-8-20/h2-10,22-25,40H,11-18,33H2,1H3,(H2,34,45)(H,35,41)(H,36,46)(H,37,42)(H,38,47)(H,39,48)(H,43,44)/t22-,23-,24-,25-/m0/s1. The lowest BCUT2D eigenvalue weighted by atomic mass is 10.0. The molecule has 2 aromatic carbocycles. The van der Waals surface area contributed by atoms with E-state index in [-0.39, 0.29) is 31.4 Å². The molecule has 6 amide bonds. The Morgan fingerprint density at radius 3 is 1.92 bits per heavy atom. The topological polar surface area (TPSA) is 272 Å². The molecule has 0 aliphatic rings. The summed E-state index contributed by atoms with van der Waals surface area (Å²) in [5, 5.41) is 30.7. The SMILES string of the molecule is CSCC[C@H](NC(=O)[C@H](Cc1ccccc1)NC(=O)CNC(=O)CNC(=O)[C@@H](N)Cc1ccc(O)cc1)C(=O)N[C@@H](CCC(=O)O)C(N)=O. The van der Waals surface area contributed by atoms with Crippen molar-refractivity contribution < 1.29 is 43.8 Å². The van der Waals surface area contributed by atoms with Gasteiger partial charge in [-0.25, -0.2) is 0 Å². The molecule has 2 rings (SSSR count). The van der Waals surface area contributed by atoms with Gasteiger partial charge >= 0.3 is 5.97 Å². The molecule has 16 nitrogen and oxygen atoms in total. The van der Waals surface area contributed by atoms with E-state index in [2.05, 4.69) is 26.6 Å². The third-order valence-corrected chi connectivity index (χ3v) is 7.73. The highest BCUT2D eigenvalue weighted by Gasteiger charge is 2.29. The first-order valence-electron chi connectivity index (χ1n) is 15.3. The van der Waals surface area contributed by atoms with Crippen molar-refractivity contribution in [3.05, 3.63) is 65.7 Å². The number of phenols is 1. The summed E-state index contributed by atoms with van der Waals surface area (Å²) in [6.45, 7) is -0.999. The second-order valence-corrected chi connectivity index (χ2v) is 12.0. The fraction of sp³-hybridized carbons (Fsp3) is 0.406. The number of carbonyl (C=O) groups is 7. The Bertz CT molecular complexity index is 1440. The summed E-state index contributed by atoms with van der Waals surface area (Å²) < 4.78 is 0. The first-order chi connectivity index (χ1) is 23.3. The Morgan fingerprint density at radius 1 is 0.714 bits per heavy atom. The van der Waals surface area contributed by atoms with Crippen molar-refractivity contribution in [1.82, 2.24) is 26.6 Å². The van der Waals surface area contributed by atoms with Crippen molar-refractivity contribution in [2.45, 2.75) is 56.3 Å². The molecule has 0 aliphatic carbocycles. The van der Waals surface area contributed by atoms with Gasteiger partial charge in [0.1, 0.15) is 23.9 Å². The van der Waals surface area contributed by atoms with Crippen LogP contribution in [-0.4, -0.2) is 101 Å². The third kappa shape index (κ3) is 15.5. The smallest absolute Gasteiger partial charge is 0.303 e. The van der Waals surface area contributed by atoms with Crippen LogP contribution in [0.1, 0.15) is 30.4 Å². The zero-order valence-electron chi connectivity index (χ0n) is 27.0. The summed E-state index contributed by atoms with van der Waals surface area (Å²) in [6.07, 6.45) is 1.47. The van der Waals surface area contributed by atoms with Crippen LogP contribution in [0.5, 0.6) is 5.75 Å². The number of amides is 6. The van der Waals surface area contributed by atoms with Gasteiger partial charge in [0, 0.05) is 12.8 Å². The van der Waals surface area contributed by atoms with Crippen LogP contribution in [0, 0.1) is 0 Å². The summed E-state index contributed by atoms with van der Waals surface area (Å²) in [6, 6.07) is 10.3. The predicted octanol–water partition coefficient (Wildman–Crippen LogP) is -1.71. The predicted molar refractivity (Wildman–Crippen MR) is 181 cm³/mol. The van der Waals surface area contributed by atoms with E-state index in [9.17, 15) is 38.7 Å². The lowest BCUT2D eigenvalue weighted by Crippen LogP contribution is -2.57. The van der Waals surface area contributed by atoms with E-state index in [0.29, 0.717) is 16.9 Å². The largest absolute Gasteiger partial charge is 0.508 e. The monoisotopic (exact) mass is 701 g/mol. The Hall–Kier alpha value is -5.16. The highest BCUT2D eigenvalue weighted by molar-refractivity contribution is 7.98. The number of thioether (sulfide) groups is 1. The summed E-state index contributed by atoms with van der Waals surface area (Å²) in [5.41, 5.74) is 12.6. The summed E-state index contributed by atoms with van der Waals surface area (Å²) in [5.74, 6) is -5.10. The molecule has 0 fully saturated rings. The molecule has 0 heterocycles. The van der Waals surface area contributed by atoms with Gasteiger partial charge in [0.25, 0.3) is 0 Å². The molecule has 0 saturated heterocycles. The molecule has 0 radical (unpaired) electrons. The van der Waals surface area contributed by atoms with Crippen LogP contribution in [0.15, 0.2) is 54.6 Å². The fourth-order valence-corrected chi connectivity index (χ4v) is 4.90. The van der Waals surface area contributed by atoms with E-state index in [1.807, 2.05) is 0 Å². The van der Waals surface area contributed by atoms with Crippen LogP contribution in [0.25, 0.3) is 0 Å². The molecule has 0 aromatic heterocycles. The number of nitrogens with one attached hydrogen (secondary N) is 5. The van der Waals surface area contributed by atoms with E-state index < -0.39 is 85.1 Å². The Morgan fingerprint density at radius 2 is 1.31 bits per heavy atom. The second-order valence-electron chi connectivity index (χ2n) is 11.0. The third-order valence-electron chi connectivity index (χ3n) is 7.08. The van der Waals surface area contributed by atoms with Crippen LogP contribution in [0.4, 0.5) is 0 Å². The summed E-state index contributed by atoms with van der Waals surface area (Å²) in [4.78, 5) is 86.9. The van der Waals surface area contributed by atoms with Crippen molar-refractivity contribution >= 4 is 53.2 Å². The Labute approximate surface area is 287 Å². The van der Waals surface area contributed by atoms with Crippen LogP contribution in [-0.2, 0) is 46.4 Å². The highest BCUT2D eigenvalue weighted by atomic mass is 32.2. The first kappa shape index (κ1) is 40.0. The normalized spacial score (nSPS) is 13.1. The number of primary amides is 1. The first-order valence-corrected chi connectivity index (χ1v) is 16.7. The number of rotatable bonds is 21. The molecule has 49 heavy (non-hydrogen) atoms. The number of carbonyl (C=O) groups excluding carboxylic acids is 6. The maximum atomic E-state index is 13.5. The maximum absolute atomic E-state index is 13.5.